The van der Waals surface area contributed by atoms with Crippen molar-refractivity contribution in [2.75, 3.05) is 7.11 Å². The number of methoxy groups -OCH3 is 1. The topological polar surface area (TPSA) is 69.7 Å². The number of carbonyl (C=O) groups excluding carboxylic acids is 1. The molecule has 0 radical (unpaired) electrons. The number of halogens is 4. The predicted octanol–water partition coefficient (Wildman–Crippen LogP) is 5.50. The van der Waals surface area contributed by atoms with Crippen LogP contribution in [0.2, 0.25) is 0 Å². The van der Waals surface area contributed by atoms with E-state index in [1.54, 1.807) is 0 Å². The van der Waals surface area contributed by atoms with E-state index < -0.39 is 15.8 Å². The smallest absolute Gasteiger partial charge is 0.308 e. The van der Waals surface area contributed by atoms with E-state index >= 15 is 0 Å². The van der Waals surface area contributed by atoms with Crippen LogP contribution in [-0.2, 0) is 14.6 Å². The van der Waals surface area contributed by atoms with Gasteiger partial charge in [-0.25, -0.2) is 8.42 Å². The molecule has 0 aliphatic rings. The lowest BCUT2D eigenvalue weighted by Crippen LogP contribution is -2.06. The molecule has 0 bridgehead atoms. The van der Waals surface area contributed by atoms with Crippen molar-refractivity contribution >= 4 is 79.5 Å². The Hall–Kier alpha value is -0.420. The monoisotopic (exact) mass is 618 g/mol. The lowest BCUT2D eigenvalue weighted by Gasteiger charge is -2.12. The van der Waals surface area contributed by atoms with Crippen molar-refractivity contribution < 1.29 is 22.7 Å². The third kappa shape index (κ3) is 4.47. The zero-order valence-electron chi connectivity index (χ0n) is 12.8. The van der Waals surface area contributed by atoms with Gasteiger partial charge in [-0.2, -0.15) is 0 Å². The van der Waals surface area contributed by atoms with Gasteiger partial charge in [0.2, 0.25) is 9.84 Å². The van der Waals surface area contributed by atoms with Crippen molar-refractivity contribution in [2.24, 2.45) is 0 Å². The van der Waals surface area contributed by atoms with E-state index in [-0.39, 0.29) is 15.5 Å². The molecule has 10 heteroatoms. The molecule has 0 atom stereocenters. The van der Waals surface area contributed by atoms with Crippen molar-refractivity contribution in [3.05, 3.63) is 42.2 Å². The first-order chi connectivity index (χ1) is 11.6. The molecule has 0 unspecified atom stereocenters. The Morgan fingerprint density at radius 3 is 1.52 bits per heavy atom. The van der Waals surface area contributed by atoms with Gasteiger partial charge in [-0.3, -0.25) is 4.79 Å². The first kappa shape index (κ1) is 20.9. The molecule has 0 N–H and O–H groups in total. The largest absolute Gasteiger partial charge is 0.494 e. The Morgan fingerprint density at radius 1 is 0.840 bits per heavy atom. The minimum absolute atomic E-state index is 0.0334. The molecule has 0 saturated carbocycles. The van der Waals surface area contributed by atoms with E-state index in [0.717, 1.165) is 0 Å². The summed E-state index contributed by atoms with van der Waals surface area (Å²) in [6, 6.07) is 5.68. The minimum Gasteiger partial charge on any atom is -0.494 e. The van der Waals surface area contributed by atoms with Gasteiger partial charge in [0.25, 0.3) is 0 Å². The van der Waals surface area contributed by atoms with Crippen molar-refractivity contribution in [3.63, 3.8) is 0 Å². The summed E-state index contributed by atoms with van der Waals surface area (Å²) < 4.78 is 37.8. The van der Waals surface area contributed by atoms with Gasteiger partial charge in [-0.05, 0) is 88.0 Å². The number of rotatable bonds is 4. The maximum absolute atomic E-state index is 12.9. The number of carbonyl (C=O) groups is 1. The maximum atomic E-state index is 12.9. The van der Waals surface area contributed by atoms with Gasteiger partial charge in [0.05, 0.1) is 34.8 Å². The fourth-order valence-electron chi connectivity index (χ4n) is 1.96. The number of hydrogen-bond acceptors (Lipinski definition) is 5. The Kier molecular flexibility index (Phi) is 6.75. The van der Waals surface area contributed by atoms with E-state index in [0.29, 0.717) is 23.6 Å². The standard InChI is InChI=1S/C15H10Br4O5S/c1-7(20)24-15-12(18)5-9(6-13(15)19)25(21,22)8-3-10(16)14(23-2)11(17)4-8/h3-6H,1-2H3. The summed E-state index contributed by atoms with van der Waals surface area (Å²) >= 11 is 13.1. The molecule has 0 spiro atoms. The van der Waals surface area contributed by atoms with Crippen LogP contribution >= 0.6 is 63.7 Å². The molecule has 0 amide bonds. The van der Waals surface area contributed by atoms with Crippen LogP contribution in [-0.4, -0.2) is 21.5 Å². The third-order valence-corrected chi connectivity index (χ3v) is 7.08. The first-order valence-electron chi connectivity index (χ1n) is 6.53. The molecule has 0 fully saturated rings. The number of ether oxygens (including phenoxy) is 2. The van der Waals surface area contributed by atoms with E-state index in [4.69, 9.17) is 9.47 Å². The average molecular weight is 622 g/mol. The van der Waals surface area contributed by atoms with Crippen LogP contribution < -0.4 is 9.47 Å². The molecule has 25 heavy (non-hydrogen) atoms. The summed E-state index contributed by atoms with van der Waals surface area (Å²) in [5.74, 6) is 0.190. The highest BCUT2D eigenvalue weighted by molar-refractivity contribution is 9.11. The molecular weight excluding hydrogens is 612 g/mol. The van der Waals surface area contributed by atoms with Crippen molar-refractivity contribution in [3.8, 4) is 11.5 Å². The number of hydrogen-bond donors (Lipinski definition) is 0. The van der Waals surface area contributed by atoms with Crippen LogP contribution in [0.1, 0.15) is 6.92 Å². The van der Waals surface area contributed by atoms with Gasteiger partial charge in [0, 0.05) is 6.92 Å². The summed E-state index contributed by atoms with van der Waals surface area (Å²) in [6.07, 6.45) is 0. The first-order valence-corrected chi connectivity index (χ1v) is 11.2. The Morgan fingerprint density at radius 2 is 1.20 bits per heavy atom. The van der Waals surface area contributed by atoms with Crippen molar-refractivity contribution in [2.45, 2.75) is 16.7 Å². The van der Waals surface area contributed by atoms with Crippen molar-refractivity contribution in [1.29, 1.82) is 0 Å². The number of sulfone groups is 1. The molecule has 0 aliphatic heterocycles. The highest BCUT2D eigenvalue weighted by atomic mass is 79.9. The van der Waals surface area contributed by atoms with Gasteiger partial charge >= 0.3 is 5.97 Å². The molecule has 5 nitrogen and oxygen atoms in total. The molecule has 0 saturated heterocycles. The molecule has 2 aromatic carbocycles. The fraction of sp³-hybridized carbons (Fsp3) is 0.133. The van der Waals surface area contributed by atoms with Gasteiger partial charge < -0.3 is 9.47 Å². The molecular formula is C15H10Br4O5S. The van der Waals surface area contributed by atoms with E-state index in [9.17, 15) is 13.2 Å². The summed E-state index contributed by atoms with van der Waals surface area (Å²) in [5, 5.41) is 0. The highest BCUT2D eigenvalue weighted by Crippen LogP contribution is 2.40. The van der Waals surface area contributed by atoms with Crippen LogP contribution in [0.5, 0.6) is 11.5 Å². The van der Waals surface area contributed by atoms with Crippen LogP contribution in [0.25, 0.3) is 0 Å². The van der Waals surface area contributed by atoms with Crippen LogP contribution in [0.3, 0.4) is 0 Å². The molecule has 0 heterocycles. The second-order valence-corrected chi connectivity index (χ2v) is 10.1. The number of benzene rings is 2. The van der Waals surface area contributed by atoms with Crippen LogP contribution in [0.4, 0.5) is 0 Å². The zero-order valence-corrected chi connectivity index (χ0v) is 19.9. The zero-order chi connectivity index (χ0) is 18.9. The van der Waals surface area contributed by atoms with E-state index in [2.05, 4.69) is 63.7 Å². The number of esters is 1. The van der Waals surface area contributed by atoms with Crippen molar-refractivity contribution in [1.82, 2.24) is 0 Å². The van der Waals surface area contributed by atoms with Gasteiger partial charge in [-0.15, -0.1) is 0 Å². The third-order valence-electron chi connectivity index (χ3n) is 3.01. The van der Waals surface area contributed by atoms with Gasteiger partial charge in [0.15, 0.2) is 5.75 Å². The Balaban J connectivity index is 2.60. The second-order valence-electron chi connectivity index (χ2n) is 4.73. The summed E-state index contributed by atoms with van der Waals surface area (Å²) in [7, 11) is -2.33. The highest BCUT2D eigenvalue weighted by Gasteiger charge is 2.24. The van der Waals surface area contributed by atoms with Crippen LogP contribution in [0, 0.1) is 0 Å². The fourth-order valence-corrected chi connectivity index (χ4v) is 6.78. The summed E-state index contributed by atoms with van der Waals surface area (Å²) in [6.45, 7) is 1.26. The van der Waals surface area contributed by atoms with E-state index in [1.165, 1.54) is 38.3 Å². The maximum Gasteiger partial charge on any atom is 0.308 e. The summed E-state index contributed by atoms with van der Waals surface area (Å²) in [4.78, 5) is 11.3. The lowest BCUT2D eigenvalue weighted by atomic mass is 10.3. The van der Waals surface area contributed by atoms with Gasteiger partial charge in [-0.1, -0.05) is 0 Å². The van der Waals surface area contributed by atoms with Crippen LogP contribution in [0.15, 0.2) is 51.9 Å². The minimum atomic E-state index is -3.82. The molecule has 134 valence electrons. The lowest BCUT2D eigenvalue weighted by molar-refractivity contribution is -0.131. The molecule has 2 rings (SSSR count). The molecule has 2 aromatic rings. The van der Waals surface area contributed by atoms with E-state index in [1.807, 2.05) is 0 Å². The molecule has 0 aliphatic carbocycles. The predicted molar refractivity (Wildman–Crippen MR) is 107 cm³/mol. The molecule has 0 aromatic heterocycles. The normalized spacial score (nSPS) is 11.3. The summed E-state index contributed by atoms with van der Waals surface area (Å²) in [5.41, 5.74) is 0. The second kappa shape index (κ2) is 8.08. The Bertz CT molecular complexity index is 910. The Labute approximate surface area is 178 Å². The quantitative estimate of drug-likeness (QED) is 0.333. The SMILES string of the molecule is COc1c(Br)cc(S(=O)(=O)c2cc(Br)c(OC(C)=O)c(Br)c2)cc1Br. The van der Waals surface area contributed by atoms with Gasteiger partial charge in [0.1, 0.15) is 5.75 Å². The average Bonchev–Trinajstić information content (AvgIpc) is 2.50.